The summed E-state index contributed by atoms with van der Waals surface area (Å²) in [5.41, 5.74) is 0.567. The highest BCUT2D eigenvalue weighted by atomic mass is 19.1. The summed E-state index contributed by atoms with van der Waals surface area (Å²) in [7, 11) is 0. The Balaban J connectivity index is 2.03. The van der Waals surface area contributed by atoms with Crippen molar-refractivity contribution < 1.29 is 14.3 Å². The molecular formula is C18H27FN2O2. The van der Waals surface area contributed by atoms with E-state index in [4.69, 9.17) is 5.11 Å². The van der Waals surface area contributed by atoms with Gasteiger partial charge in [0.1, 0.15) is 5.82 Å². The van der Waals surface area contributed by atoms with Crippen molar-refractivity contribution in [1.29, 1.82) is 0 Å². The van der Waals surface area contributed by atoms with Crippen molar-refractivity contribution in [3.8, 4) is 0 Å². The summed E-state index contributed by atoms with van der Waals surface area (Å²) in [5.74, 6) is 0.0171. The van der Waals surface area contributed by atoms with Gasteiger partial charge in [0.2, 0.25) is 0 Å². The predicted molar refractivity (Wildman–Crippen MR) is 88.5 cm³/mol. The highest BCUT2D eigenvalue weighted by Gasteiger charge is 2.29. The predicted octanol–water partition coefficient (Wildman–Crippen LogP) is 3.52. The molecule has 23 heavy (non-hydrogen) atoms. The van der Waals surface area contributed by atoms with Crippen LogP contribution in [0.2, 0.25) is 0 Å². The van der Waals surface area contributed by atoms with Crippen LogP contribution in [-0.4, -0.2) is 23.8 Å². The highest BCUT2D eigenvalue weighted by molar-refractivity contribution is 5.74. The second-order valence-corrected chi connectivity index (χ2v) is 6.43. The second-order valence-electron chi connectivity index (χ2n) is 6.43. The zero-order chi connectivity index (χ0) is 16.7. The van der Waals surface area contributed by atoms with E-state index in [9.17, 15) is 9.18 Å². The second kappa shape index (κ2) is 8.87. The molecule has 3 N–H and O–H groups in total. The first-order chi connectivity index (χ1) is 11.1. The summed E-state index contributed by atoms with van der Waals surface area (Å²) < 4.78 is 14.2. The lowest BCUT2D eigenvalue weighted by atomic mass is 9.91. The Morgan fingerprint density at radius 1 is 1.30 bits per heavy atom. The number of aliphatic hydroxyl groups excluding tert-OH is 1. The van der Waals surface area contributed by atoms with Crippen LogP contribution in [0.5, 0.6) is 0 Å². The van der Waals surface area contributed by atoms with E-state index >= 15 is 0 Å². The van der Waals surface area contributed by atoms with E-state index in [-0.39, 0.29) is 36.5 Å². The number of rotatable bonds is 7. The first-order valence-electron chi connectivity index (χ1n) is 8.54. The Bertz CT molecular complexity index is 504. The molecule has 1 aromatic carbocycles. The minimum Gasteiger partial charge on any atom is -0.396 e. The summed E-state index contributed by atoms with van der Waals surface area (Å²) >= 11 is 0. The monoisotopic (exact) mass is 322 g/mol. The number of amides is 2. The van der Waals surface area contributed by atoms with Crippen LogP contribution in [0.4, 0.5) is 9.18 Å². The van der Waals surface area contributed by atoms with Crippen LogP contribution in [0.25, 0.3) is 0 Å². The van der Waals surface area contributed by atoms with Gasteiger partial charge in [-0.15, -0.1) is 0 Å². The van der Waals surface area contributed by atoms with Crippen LogP contribution < -0.4 is 10.6 Å². The highest BCUT2D eigenvalue weighted by Crippen LogP contribution is 2.36. The maximum atomic E-state index is 14.2. The van der Waals surface area contributed by atoms with Gasteiger partial charge in [-0.1, -0.05) is 31.0 Å². The number of halogens is 1. The van der Waals surface area contributed by atoms with Crippen LogP contribution >= 0.6 is 0 Å². The molecule has 0 heterocycles. The fourth-order valence-corrected chi connectivity index (χ4v) is 3.34. The van der Waals surface area contributed by atoms with E-state index in [1.165, 1.54) is 6.07 Å². The van der Waals surface area contributed by atoms with Crippen molar-refractivity contribution in [2.45, 2.75) is 57.5 Å². The summed E-state index contributed by atoms with van der Waals surface area (Å²) in [4.78, 5) is 12.3. The zero-order valence-electron chi connectivity index (χ0n) is 13.7. The normalized spacial score (nSPS) is 17.7. The molecule has 1 aliphatic carbocycles. The van der Waals surface area contributed by atoms with Gasteiger partial charge in [-0.25, -0.2) is 9.18 Å². The number of urea groups is 1. The molecule has 0 radical (unpaired) electrons. The van der Waals surface area contributed by atoms with Gasteiger partial charge in [0.15, 0.2) is 0 Å². The maximum absolute atomic E-state index is 14.2. The summed E-state index contributed by atoms with van der Waals surface area (Å²) in [6.07, 6.45) is 5.66. The number of hydrogen-bond donors (Lipinski definition) is 3. The lowest BCUT2D eigenvalue weighted by molar-refractivity contribution is 0.224. The third-order valence-electron chi connectivity index (χ3n) is 4.57. The number of aliphatic hydroxyl groups is 1. The lowest BCUT2D eigenvalue weighted by Gasteiger charge is -2.26. The van der Waals surface area contributed by atoms with Gasteiger partial charge >= 0.3 is 6.03 Å². The molecule has 0 aromatic heterocycles. The van der Waals surface area contributed by atoms with E-state index in [0.29, 0.717) is 12.0 Å². The molecule has 1 aliphatic rings. The Kier molecular flexibility index (Phi) is 6.84. The number of nitrogens with one attached hydrogen (secondary N) is 2. The van der Waals surface area contributed by atoms with Crippen molar-refractivity contribution in [2.24, 2.45) is 5.92 Å². The molecule has 2 amide bonds. The topological polar surface area (TPSA) is 61.4 Å². The molecule has 1 aromatic rings. The molecule has 0 aliphatic heterocycles. The number of benzene rings is 1. The average molecular weight is 322 g/mol. The Labute approximate surface area is 137 Å². The van der Waals surface area contributed by atoms with Crippen molar-refractivity contribution in [1.82, 2.24) is 10.6 Å². The van der Waals surface area contributed by atoms with Crippen LogP contribution in [-0.2, 0) is 0 Å². The van der Waals surface area contributed by atoms with E-state index < -0.39 is 0 Å². The molecule has 1 fully saturated rings. The van der Waals surface area contributed by atoms with Gasteiger partial charge in [-0.3, -0.25) is 0 Å². The fraction of sp³-hybridized carbons (Fsp3) is 0.611. The molecule has 1 saturated carbocycles. The van der Waals surface area contributed by atoms with E-state index in [1.807, 2.05) is 13.0 Å². The fourth-order valence-electron chi connectivity index (χ4n) is 3.34. The van der Waals surface area contributed by atoms with Gasteiger partial charge < -0.3 is 15.7 Å². The Hall–Kier alpha value is -1.62. The molecule has 2 rings (SSSR count). The first kappa shape index (κ1) is 17.7. The molecule has 5 heteroatoms. The minimum absolute atomic E-state index is 0.0213. The number of carbonyl (C=O) groups is 1. The van der Waals surface area contributed by atoms with Crippen molar-refractivity contribution in [2.75, 3.05) is 6.61 Å². The van der Waals surface area contributed by atoms with Crippen molar-refractivity contribution in [3.63, 3.8) is 0 Å². The summed E-state index contributed by atoms with van der Waals surface area (Å²) in [5, 5.41) is 14.7. The number of carbonyl (C=O) groups excluding carboxylic acids is 1. The van der Waals surface area contributed by atoms with Crippen LogP contribution in [0.3, 0.4) is 0 Å². The molecule has 128 valence electrons. The van der Waals surface area contributed by atoms with E-state index in [0.717, 1.165) is 32.1 Å². The van der Waals surface area contributed by atoms with Crippen LogP contribution in [0, 0.1) is 11.7 Å². The van der Waals surface area contributed by atoms with E-state index in [1.54, 1.807) is 12.1 Å². The van der Waals surface area contributed by atoms with Crippen LogP contribution in [0.15, 0.2) is 24.3 Å². The summed E-state index contributed by atoms with van der Waals surface area (Å²) in [6.45, 7) is 2.02. The standard InChI is InChI=1S/C18H27FN2O2/c1-13(7-6-12-22)20-18(23)21-17(14-8-2-3-9-14)15-10-4-5-11-16(15)19/h4-5,10-11,13-14,17,22H,2-3,6-9,12H2,1H3,(H2,20,21,23). The van der Waals surface area contributed by atoms with Gasteiger partial charge in [0.25, 0.3) is 0 Å². The van der Waals surface area contributed by atoms with Crippen molar-refractivity contribution in [3.05, 3.63) is 35.6 Å². The van der Waals surface area contributed by atoms with E-state index in [2.05, 4.69) is 10.6 Å². The number of hydrogen-bond acceptors (Lipinski definition) is 2. The smallest absolute Gasteiger partial charge is 0.315 e. The third-order valence-corrected chi connectivity index (χ3v) is 4.57. The molecular weight excluding hydrogens is 295 g/mol. The maximum Gasteiger partial charge on any atom is 0.315 e. The minimum atomic E-state index is -0.288. The van der Waals surface area contributed by atoms with Gasteiger partial charge in [0.05, 0.1) is 6.04 Å². The SMILES string of the molecule is CC(CCCO)NC(=O)NC(c1ccccc1F)C1CCCC1. The molecule has 0 bridgehead atoms. The molecule has 4 nitrogen and oxygen atoms in total. The van der Waals surface area contributed by atoms with Gasteiger partial charge in [-0.2, -0.15) is 0 Å². The Morgan fingerprint density at radius 3 is 2.65 bits per heavy atom. The zero-order valence-corrected chi connectivity index (χ0v) is 13.7. The van der Waals surface area contributed by atoms with Gasteiger partial charge in [0, 0.05) is 18.2 Å². The Morgan fingerprint density at radius 2 is 2.00 bits per heavy atom. The summed E-state index contributed by atoms with van der Waals surface area (Å²) in [6, 6.07) is 6.10. The van der Waals surface area contributed by atoms with Crippen molar-refractivity contribution >= 4 is 6.03 Å². The average Bonchev–Trinajstić information content (AvgIpc) is 3.05. The lowest BCUT2D eigenvalue weighted by Crippen LogP contribution is -2.44. The third kappa shape index (κ3) is 5.20. The van der Waals surface area contributed by atoms with Crippen LogP contribution in [0.1, 0.15) is 57.1 Å². The largest absolute Gasteiger partial charge is 0.396 e. The molecule has 2 atom stereocenters. The molecule has 2 unspecified atom stereocenters. The molecule has 0 saturated heterocycles. The van der Waals surface area contributed by atoms with Gasteiger partial charge in [-0.05, 0) is 44.6 Å². The first-order valence-corrected chi connectivity index (χ1v) is 8.54. The molecule has 0 spiro atoms. The quantitative estimate of drug-likeness (QED) is 0.719.